The van der Waals surface area contributed by atoms with Crippen LogP contribution >= 0.6 is 0 Å². The van der Waals surface area contributed by atoms with Crippen LogP contribution in [0.25, 0.3) is 0 Å². The van der Waals surface area contributed by atoms with Crippen molar-refractivity contribution < 1.29 is 14.9 Å². The van der Waals surface area contributed by atoms with Crippen molar-refractivity contribution in [2.75, 3.05) is 6.61 Å². The van der Waals surface area contributed by atoms with E-state index >= 15 is 0 Å². The van der Waals surface area contributed by atoms with Crippen molar-refractivity contribution in [2.24, 2.45) is 51.2 Å². The van der Waals surface area contributed by atoms with Gasteiger partial charge in [0.15, 0.2) is 0 Å². The molecule has 10 atom stereocenters. The fraction of sp³-hybridized carbons (Fsp3) is 1.00. The molecule has 4 saturated carbocycles. The van der Waals surface area contributed by atoms with Gasteiger partial charge >= 0.3 is 0 Å². The second-order valence-electron chi connectivity index (χ2n) is 15.1. The van der Waals surface area contributed by atoms with Crippen LogP contribution in [0.15, 0.2) is 0 Å². The van der Waals surface area contributed by atoms with Crippen molar-refractivity contribution in [3.05, 3.63) is 0 Å². The summed E-state index contributed by atoms with van der Waals surface area (Å²) < 4.78 is 6.26. The quantitative estimate of drug-likeness (QED) is 0.488. The third kappa shape index (κ3) is 3.37. The van der Waals surface area contributed by atoms with Gasteiger partial charge in [0.25, 0.3) is 0 Å². The minimum Gasteiger partial charge on any atom is -0.393 e. The molecule has 190 valence electrons. The molecule has 3 heteroatoms. The lowest BCUT2D eigenvalue weighted by Gasteiger charge is -2.70. The number of fused-ring (bicyclic) bond motifs is 5. The van der Waals surface area contributed by atoms with E-state index in [1.165, 1.54) is 51.4 Å². The predicted molar refractivity (Wildman–Crippen MR) is 134 cm³/mol. The molecule has 5 fully saturated rings. The van der Waals surface area contributed by atoms with Crippen molar-refractivity contribution in [1.29, 1.82) is 0 Å². The van der Waals surface area contributed by atoms with Crippen LogP contribution in [0.2, 0.25) is 0 Å². The van der Waals surface area contributed by atoms with Crippen molar-refractivity contribution in [3.8, 4) is 0 Å². The second kappa shape index (κ2) is 7.69. The van der Waals surface area contributed by atoms with Gasteiger partial charge in [0.1, 0.15) is 0 Å². The van der Waals surface area contributed by atoms with Gasteiger partial charge in [-0.2, -0.15) is 0 Å². The smallest absolute Gasteiger partial charge is 0.0856 e. The van der Waals surface area contributed by atoms with Crippen LogP contribution < -0.4 is 0 Å². The van der Waals surface area contributed by atoms with Gasteiger partial charge in [-0.15, -0.1) is 0 Å². The summed E-state index contributed by atoms with van der Waals surface area (Å²) in [5.41, 5.74) is 0.536. The second-order valence-corrected chi connectivity index (χ2v) is 15.1. The van der Waals surface area contributed by atoms with Gasteiger partial charge in [-0.05, 0) is 129 Å². The number of hydrogen-bond donors (Lipinski definition) is 2. The average molecular weight is 461 g/mol. The molecule has 2 N–H and O–H groups in total. The minimum atomic E-state index is -0.726. The molecule has 4 aliphatic carbocycles. The van der Waals surface area contributed by atoms with Crippen LogP contribution in [0, 0.1) is 51.2 Å². The zero-order chi connectivity index (χ0) is 24.0. The van der Waals surface area contributed by atoms with E-state index in [4.69, 9.17) is 4.74 Å². The van der Waals surface area contributed by atoms with E-state index in [-0.39, 0.29) is 17.6 Å². The van der Waals surface area contributed by atoms with E-state index in [1.807, 2.05) is 13.8 Å². The van der Waals surface area contributed by atoms with E-state index in [1.54, 1.807) is 0 Å². The fourth-order valence-corrected chi connectivity index (χ4v) is 11.0. The third-order valence-corrected chi connectivity index (χ3v) is 13.1. The highest BCUT2D eigenvalue weighted by atomic mass is 16.5. The zero-order valence-electron chi connectivity index (χ0n) is 22.6. The summed E-state index contributed by atoms with van der Waals surface area (Å²) in [4.78, 5) is 0. The van der Waals surface area contributed by atoms with Crippen molar-refractivity contribution in [1.82, 2.24) is 0 Å². The first-order chi connectivity index (χ1) is 15.2. The monoisotopic (exact) mass is 460 g/mol. The van der Waals surface area contributed by atoms with Crippen LogP contribution in [0.1, 0.15) is 113 Å². The lowest BCUT2D eigenvalue weighted by Crippen LogP contribution is -2.64. The molecule has 0 amide bonds. The highest BCUT2D eigenvalue weighted by molar-refractivity contribution is 5.17. The van der Waals surface area contributed by atoms with Gasteiger partial charge in [0.2, 0.25) is 0 Å². The largest absolute Gasteiger partial charge is 0.393 e. The highest BCUT2D eigenvalue weighted by Crippen LogP contribution is 2.75. The van der Waals surface area contributed by atoms with Crippen LogP contribution in [-0.4, -0.2) is 34.6 Å². The number of rotatable bonds is 2. The topological polar surface area (TPSA) is 49.7 Å². The van der Waals surface area contributed by atoms with E-state index in [0.29, 0.717) is 28.1 Å². The molecule has 1 heterocycles. The molecule has 0 radical (unpaired) electrons. The van der Waals surface area contributed by atoms with Crippen molar-refractivity contribution >= 4 is 0 Å². The molecule has 3 nitrogen and oxygen atoms in total. The van der Waals surface area contributed by atoms with Crippen molar-refractivity contribution in [2.45, 2.75) is 130 Å². The molecule has 1 saturated heterocycles. The van der Waals surface area contributed by atoms with Crippen molar-refractivity contribution in [3.63, 3.8) is 0 Å². The van der Waals surface area contributed by atoms with Gasteiger partial charge in [-0.3, -0.25) is 0 Å². The highest BCUT2D eigenvalue weighted by Gasteiger charge is 2.68. The fourth-order valence-electron chi connectivity index (χ4n) is 11.0. The van der Waals surface area contributed by atoms with Crippen LogP contribution in [0.3, 0.4) is 0 Å². The summed E-state index contributed by atoms with van der Waals surface area (Å²) >= 11 is 0. The summed E-state index contributed by atoms with van der Waals surface area (Å²) in [7, 11) is 0. The Bertz CT molecular complexity index is 746. The molecular weight excluding hydrogens is 408 g/mol. The molecule has 0 spiro atoms. The van der Waals surface area contributed by atoms with Crippen LogP contribution in [-0.2, 0) is 4.74 Å². The lowest BCUT2D eigenvalue weighted by atomic mass is 9.35. The Labute approximate surface area is 203 Å². The SMILES string of the molecule is CC(C)(O)[C@H]1CC[C@@H]([C@H]2CC[C@]3(C)[C@@H]2CC[C@@H]2[C@@]4(C)CC[C@H](O)C(C)(C)[C@@H]4CC[C@]23C)CO1. The molecule has 0 bridgehead atoms. The number of aliphatic hydroxyl groups is 2. The van der Waals surface area contributed by atoms with E-state index < -0.39 is 5.60 Å². The molecule has 1 aliphatic heterocycles. The van der Waals surface area contributed by atoms with Gasteiger partial charge in [-0.1, -0.05) is 34.6 Å². The number of hydrogen-bond acceptors (Lipinski definition) is 3. The molecule has 5 rings (SSSR count). The zero-order valence-corrected chi connectivity index (χ0v) is 22.6. The third-order valence-electron chi connectivity index (χ3n) is 13.1. The Kier molecular flexibility index (Phi) is 5.72. The Morgan fingerprint density at radius 2 is 1.45 bits per heavy atom. The number of ether oxygens (including phenoxy) is 1. The Hall–Kier alpha value is -0.120. The summed E-state index contributed by atoms with van der Waals surface area (Å²) in [6, 6.07) is 0. The number of aliphatic hydroxyl groups excluding tert-OH is 1. The maximum Gasteiger partial charge on any atom is 0.0856 e. The van der Waals surface area contributed by atoms with Gasteiger partial charge in [0.05, 0.1) is 24.4 Å². The summed E-state index contributed by atoms with van der Waals surface area (Å²) in [6.07, 6.45) is 12.4. The van der Waals surface area contributed by atoms with Crippen LogP contribution in [0.5, 0.6) is 0 Å². The van der Waals surface area contributed by atoms with Crippen LogP contribution in [0.4, 0.5) is 0 Å². The molecular formula is C30H52O3. The average Bonchev–Trinajstić information content (AvgIpc) is 3.09. The predicted octanol–water partition coefficient (Wildman–Crippen LogP) is 6.60. The molecule has 0 aromatic carbocycles. The Balaban J connectivity index is 1.37. The molecule has 0 aromatic heterocycles. The normalized spacial score (nSPS) is 54.3. The Morgan fingerprint density at radius 3 is 2.09 bits per heavy atom. The molecule has 5 aliphatic rings. The summed E-state index contributed by atoms with van der Waals surface area (Å²) in [5.74, 6) is 3.73. The summed E-state index contributed by atoms with van der Waals surface area (Å²) in [6.45, 7) is 17.3. The first kappa shape index (κ1) is 24.6. The molecule has 33 heavy (non-hydrogen) atoms. The van der Waals surface area contributed by atoms with E-state index in [0.717, 1.165) is 37.2 Å². The maximum absolute atomic E-state index is 10.9. The molecule has 0 unspecified atom stereocenters. The van der Waals surface area contributed by atoms with Gasteiger partial charge < -0.3 is 14.9 Å². The molecule has 0 aromatic rings. The summed E-state index contributed by atoms with van der Waals surface area (Å²) in [5, 5.41) is 21.3. The van der Waals surface area contributed by atoms with Gasteiger partial charge in [0, 0.05) is 0 Å². The lowest BCUT2D eigenvalue weighted by molar-refractivity contribution is -0.223. The maximum atomic E-state index is 10.9. The minimum absolute atomic E-state index is 0.00461. The van der Waals surface area contributed by atoms with E-state index in [2.05, 4.69) is 34.6 Å². The van der Waals surface area contributed by atoms with E-state index in [9.17, 15) is 10.2 Å². The van der Waals surface area contributed by atoms with Gasteiger partial charge in [-0.25, -0.2) is 0 Å². The standard InChI is InChI=1S/C30H52O3/c1-26(2)22-13-17-30(7)23(28(22,5)15-14-24(26)31)10-9-21-20(12-16-29(21,30)6)19-8-11-25(33-18-19)27(3,4)32/h19-25,31-32H,8-18H2,1-7H3/t19-,20-,21-,22+,23-,24+,25-,28+,29-,30-/m1/s1. The first-order valence-electron chi connectivity index (χ1n) is 14.3. The first-order valence-corrected chi connectivity index (χ1v) is 14.3. The Morgan fingerprint density at radius 1 is 0.758 bits per heavy atom.